The van der Waals surface area contributed by atoms with E-state index in [9.17, 15) is 5.26 Å². The van der Waals surface area contributed by atoms with Gasteiger partial charge in [0.2, 0.25) is 0 Å². The minimum atomic E-state index is -0.442. The fraction of sp³-hybridized carbons (Fsp3) is 0.286. The number of aromatic amines is 1. The summed E-state index contributed by atoms with van der Waals surface area (Å²) in [6, 6.07) is 7.68. The number of pyridine rings is 1. The molecule has 0 saturated carbocycles. The van der Waals surface area contributed by atoms with Crippen molar-refractivity contribution in [2.75, 3.05) is 13.1 Å². The van der Waals surface area contributed by atoms with Crippen molar-refractivity contribution in [2.24, 2.45) is 0 Å². The Morgan fingerprint density at radius 3 is 2.94 bits per heavy atom. The van der Waals surface area contributed by atoms with Crippen molar-refractivity contribution in [2.45, 2.75) is 24.3 Å². The molecule has 5 rings (SSSR count). The van der Waals surface area contributed by atoms with Crippen LogP contribution in [0.25, 0.3) is 22.3 Å². The predicted molar refractivity (Wildman–Crippen MR) is 118 cm³/mol. The lowest BCUT2D eigenvalue weighted by atomic mass is 9.73. The number of halogens is 2. The molecule has 4 aromatic rings. The maximum Gasteiger partial charge on any atom is 0.141 e. The van der Waals surface area contributed by atoms with Crippen LogP contribution in [0.4, 0.5) is 0 Å². The molecule has 0 unspecified atom stereocenters. The van der Waals surface area contributed by atoms with E-state index in [1.165, 1.54) is 6.33 Å². The van der Waals surface area contributed by atoms with Gasteiger partial charge in [-0.15, -0.1) is 0 Å². The van der Waals surface area contributed by atoms with Crippen molar-refractivity contribution in [3.05, 3.63) is 59.0 Å². The molecule has 2 N–H and O–H groups in total. The SMILES string of the molecule is N#CC[C@H](n1cc(-c2ncnc3[nH]ccc23)cn1)[C@]1(c2ccc(Cl)nc2Cl)CCNC1. The predicted octanol–water partition coefficient (Wildman–Crippen LogP) is 3.91. The zero-order valence-electron chi connectivity index (χ0n) is 16.4. The van der Waals surface area contributed by atoms with Gasteiger partial charge in [-0.1, -0.05) is 29.3 Å². The summed E-state index contributed by atoms with van der Waals surface area (Å²) in [5.41, 5.74) is 2.84. The highest BCUT2D eigenvalue weighted by molar-refractivity contribution is 6.33. The summed E-state index contributed by atoms with van der Waals surface area (Å²) in [5.74, 6) is 0. The van der Waals surface area contributed by atoms with Crippen LogP contribution in [-0.4, -0.2) is 42.8 Å². The van der Waals surface area contributed by atoms with Gasteiger partial charge in [0, 0.05) is 35.3 Å². The smallest absolute Gasteiger partial charge is 0.141 e. The van der Waals surface area contributed by atoms with Crippen LogP contribution in [0.2, 0.25) is 10.3 Å². The summed E-state index contributed by atoms with van der Waals surface area (Å²) in [6.45, 7) is 1.47. The van der Waals surface area contributed by atoms with E-state index in [2.05, 4.69) is 36.4 Å². The second-order valence-electron chi connectivity index (χ2n) is 7.60. The van der Waals surface area contributed by atoms with Gasteiger partial charge < -0.3 is 10.3 Å². The van der Waals surface area contributed by atoms with E-state index in [0.717, 1.165) is 40.8 Å². The molecule has 1 saturated heterocycles. The van der Waals surface area contributed by atoms with Crippen molar-refractivity contribution < 1.29 is 0 Å². The van der Waals surface area contributed by atoms with Crippen molar-refractivity contribution >= 4 is 34.2 Å². The monoisotopic (exact) mass is 452 g/mol. The highest BCUT2D eigenvalue weighted by Crippen LogP contribution is 2.45. The van der Waals surface area contributed by atoms with Gasteiger partial charge in [-0.3, -0.25) is 4.68 Å². The third kappa shape index (κ3) is 3.35. The van der Waals surface area contributed by atoms with E-state index in [1.807, 2.05) is 29.2 Å². The normalized spacial score (nSPS) is 19.5. The van der Waals surface area contributed by atoms with Crippen LogP contribution in [0.1, 0.15) is 24.4 Å². The second kappa shape index (κ2) is 7.93. The molecular weight excluding hydrogens is 435 g/mol. The summed E-state index contributed by atoms with van der Waals surface area (Å²) in [5, 5.41) is 19.3. The Labute approximate surface area is 188 Å². The molecule has 0 aliphatic carbocycles. The van der Waals surface area contributed by atoms with Crippen molar-refractivity contribution in [3.8, 4) is 17.3 Å². The van der Waals surface area contributed by atoms with Crippen LogP contribution in [0.15, 0.2) is 43.1 Å². The third-order valence-electron chi connectivity index (χ3n) is 6.01. The average Bonchev–Trinajstić information content (AvgIpc) is 3.52. The molecular formula is C21H18Cl2N8. The number of hydrogen-bond acceptors (Lipinski definition) is 6. The average molecular weight is 453 g/mol. The van der Waals surface area contributed by atoms with Crippen molar-refractivity contribution in [1.29, 1.82) is 5.26 Å². The minimum Gasteiger partial charge on any atom is -0.346 e. The van der Waals surface area contributed by atoms with Crippen molar-refractivity contribution in [1.82, 2.24) is 35.0 Å². The highest BCUT2D eigenvalue weighted by atomic mass is 35.5. The lowest BCUT2D eigenvalue weighted by Crippen LogP contribution is -2.39. The fourth-order valence-corrected chi connectivity index (χ4v) is 5.08. The zero-order chi connectivity index (χ0) is 21.4. The number of aromatic nitrogens is 6. The fourth-order valence-electron chi connectivity index (χ4n) is 4.55. The Hall–Kier alpha value is -2.99. The number of nitriles is 1. The molecule has 31 heavy (non-hydrogen) atoms. The maximum atomic E-state index is 9.66. The van der Waals surface area contributed by atoms with Crippen LogP contribution >= 0.6 is 23.2 Å². The lowest BCUT2D eigenvalue weighted by Gasteiger charge is -2.36. The number of nitrogens with zero attached hydrogens (tertiary/aromatic N) is 6. The Morgan fingerprint density at radius 1 is 1.26 bits per heavy atom. The molecule has 1 aliphatic heterocycles. The van der Waals surface area contributed by atoms with E-state index in [1.54, 1.807) is 12.3 Å². The summed E-state index contributed by atoms with van der Waals surface area (Å²) >= 11 is 12.6. The second-order valence-corrected chi connectivity index (χ2v) is 8.35. The Bertz CT molecular complexity index is 1280. The molecule has 156 valence electrons. The molecule has 10 heteroatoms. The zero-order valence-corrected chi connectivity index (χ0v) is 17.9. The first-order chi connectivity index (χ1) is 15.1. The van der Waals surface area contributed by atoms with Crippen LogP contribution < -0.4 is 5.32 Å². The molecule has 0 radical (unpaired) electrons. The molecule has 0 amide bonds. The largest absolute Gasteiger partial charge is 0.346 e. The number of H-pyrrole nitrogens is 1. The van der Waals surface area contributed by atoms with Crippen LogP contribution in [-0.2, 0) is 5.41 Å². The number of nitrogens with one attached hydrogen (secondary N) is 2. The molecule has 0 aromatic carbocycles. The molecule has 5 heterocycles. The van der Waals surface area contributed by atoms with Gasteiger partial charge in [0.25, 0.3) is 0 Å². The van der Waals surface area contributed by atoms with Gasteiger partial charge >= 0.3 is 0 Å². The van der Waals surface area contributed by atoms with Crippen molar-refractivity contribution in [3.63, 3.8) is 0 Å². The van der Waals surface area contributed by atoms with E-state index < -0.39 is 5.41 Å². The summed E-state index contributed by atoms with van der Waals surface area (Å²) in [4.78, 5) is 16.1. The topological polar surface area (TPSA) is 108 Å². The van der Waals surface area contributed by atoms with Gasteiger partial charge in [-0.05, 0) is 30.7 Å². The van der Waals surface area contributed by atoms with Gasteiger partial charge in [0.15, 0.2) is 0 Å². The summed E-state index contributed by atoms with van der Waals surface area (Å²) < 4.78 is 1.86. The first-order valence-electron chi connectivity index (χ1n) is 9.85. The number of rotatable bonds is 5. The summed E-state index contributed by atoms with van der Waals surface area (Å²) in [6.07, 6.45) is 8.14. The van der Waals surface area contributed by atoms with Crippen LogP contribution in [0, 0.1) is 11.3 Å². The van der Waals surface area contributed by atoms with Gasteiger partial charge in [0.05, 0.1) is 30.4 Å². The Morgan fingerprint density at radius 2 is 2.16 bits per heavy atom. The highest BCUT2D eigenvalue weighted by Gasteiger charge is 2.46. The standard InChI is InChI=1S/C21H18Cl2N8/c22-17-2-1-15(19(23)30-17)21(5-8-25-11-21)16(3-6-24)31-10-13(9-29-31)18-14-4-7-26-20(14)28-12-27-18/h1-2,4,7,9-10,12,16,25H,3,5,8,11H2,(H,26,27,28)/t16-,21+/m0/s1. The Kier molecular flexibility index (Phi) is 5.10. The Balaban J connectivity index is 1.61. The van der Waals surface area contributed by atoms with E-state index in [-0.39, 0.29) is 12.5 Å². The third-order valence-corrected chi connectivity index (χ3v) is 6.51. The lowest BCUT2D eigenvalue weighted by molar-refractivity contribution is 0.271. The van der Waals surface area contributed by atoms with Crippen LogP contribution in [0.5, 0.6) is 0 Å². The van der Waals surface area contributed by atoms with Gasteiger partial charge in [-0.2, -0.15) is 10.4 Å². The number of hydrogen-bond donors (Lipinski definition) is 2. The summed E-state index contributed by atoms with van der Waals surface area (Å²) in [7, 11) is 0. The molecule has 4 aromatic heterocycles. The molecule has 0 spiro atoms. The van der Waals surface area contributed by atoms with Gasteiger partial charge in [-0.25, -0.2) is 15.0 Å². The molecule has 0 bridgehead atoms. The van der Waals surface area contributed by atoms with E-state index >= 15 is 0 Å². The molecule has 2 atom stereocenters. The maximum absolute atomic E-state index is 9.66. The quantitative estimate of drug-likeness (QED) is 0.444. The first-order valence-corrected chi connectivity index (χ1v) is 10.6. The molecule has 1 fully saturated rings. The minimum absolute atomic E-state index is 0.245. The van der Waals surface area contributed by atoms with Crippen LogP contribution in [0.3, 0.4) is 0 Å². The number of fused-ring (bicyclic) bond motifs is 1. The van der Waals surface area contributed by atoms with E-state index in [0.29, 0.717) is 16.9 Å². The van der Waals surface area contributed by atoms with Gasteiger partial charge in [0.1, 0.15) is 22.3 Å². The van der Waals surface area contributed by atoms with E-state index in [4.69, 9.17) is 23.2 Å². The first kappa shape index (κ1) is 19.9. The molecule has 8 nitrogen and oxygen atoms in total. The molecule has 1 aliphatic rings.